The molecular formula is C11H13ClN4. The van der Waals surface area contributed by atoms with E-state index in [4.69, 9.17) is 16.9 Å². The van der Waals surface area contributed by atoms with Crippen molar-refractivity contribution in [2.45, 2.75) is 0 Å². The van der Waals surface area contributed by atoms with Crippen molar-refractivity contribution in [3.63, 3.8) is 0 Å². The molecule has 5 heteroatoms. The summed E-state index contributed by atoms with van der Waals surface area (Å²) in [6.07, 6.45) is 1.67. The van der Waals surface area contributed by atoms with Gasteiger partial charge in [0.2, 0.25) is 0 Å². The van der Waals surface area contributed by atoms with Crippen LogP contribution >= 0.6 is 11.6 Å². The van der Waals surface area contributed by atoms with Gasteiger partial charge in [-0.2, -0.15) is 5.26 Å². The summed E-state index contributed by atoms with van der Waals surface area (Å²) < 4.78 is 0. The van der Waals surface area contributed by atoms with Crippen LogP contribution in [0, 0.1) is 11.3 Å². The second kappa shape index (κ2) is 5.15. The van der Waals surface area contributed by atoms with Crippen LogP contribution in [0.25, 0.3) is 0 Å². The molecule has 0 spiro atoms. The normalized spacial score (nSPS) is 17.1. The summed E-state index contributed by atoms with van der Waals surface area (Å²) in [6, 6.07) is 5.96. The molecule has 0 radical (unpaired) electrons. The van der Waals surface area contributed by atoms with Gasteiger partial charge >= 0.3 is 0 Å². The van der Waals surface area contributed by atoms with Crippen LogP contribution in [0.3, 0.4) is 0 Å². The Balaban J connectivity index is 1.94. The summed E-state index contributed by atoms with van der Waals surface area (Å²) in [5, 5.41) is 9.26. The molecule has 1 aromatic heterocycles. The van der Waals surface area contributed by atoms with Crippen molar-refractivity contribution >= 4 is 17.4 Å². The van der Waals surface area contributed by atoms with E-state index in [0.717, 1.165) is 32.0 Å². The van der Waals surface area contributed by atoms with Gasteiger partial charge in [-0.15, -0.1) is 0 Å². The fourth-order valence-electron chi connectivity index (χ4n) is 1.79. The molecule has 1 aromatic rings. The molecular weight excluding hydrogens is 224 g/mol. The molecule has 0 unspecified atom stereocenters. The first-order chi connectivity index (χ1) is 7.79. The summed E-state index contributed by atoms with van der Waals surface area (Å²) in [5.41, 5.74) is 0. The van der Waals surface area contributed by atoms with Crippen LogP contribution in [-0.4, -0.2) is 42.6 Å². The Labute approximate surface area is 100 Å². The molecule has 0 saturated carbocycles. The molecule has 4 nitrogen and oxygen atoms in total. The zero-order valence-corrected chi connectivity index (χ0v) is 9.69. The van der Waals surface area contributed by atoms with Crippen molar-refractivity contribution in [2.24, 2.45) is 0 Å². The number of halogens is 1. The van der Waals surface area contributed by atoms with Crippen LogP contribution in [0.5, 0.6) is 0 Å². The Morgan fingerprint density at radius 2 is 2.06 bits per heavy atom. The monoisotopic (exact) mass is 236 g/mol. The molecule has 1 saturated heterocycles. The number of rotatable bonds is 2. The zero-order valence-electron chi connectivity index (χ0n) is 8.93. The molecule has 0 N–H and O–H groups in total. The summed E-state index contributed by atoms with van der Waals surface area (Å²) in [5.74, 6) is 0.959. The van der Waals surface area contributed by atoms with Crippen LogP contribution in [0.4, 0.5) is 5.82 Å². The lowest BCUT2D eigenvalue weighted by atomic mass is 10.3. The summed E-state index contributed by atoms with van der Waals surface area (Å²) in [7, 11) is 0. The molecule has 0 bridgehead atoms. The Morgan fingerprint density at radius 1 is 1.31 bits per heavy atom. The minimum absolute atomic E-state index is 0.516. The lowest BCUT2D eigenvalue weighted by molar-refractivity contribution is 0.286. The van der Waals surface area contributed by atoms with Crippen molar-refractivity contribution in [1.29, 1.82) is 5.26 Å². The molecule has 2 rings (SSSR count). The largest absolute Gasteiger partial charge is 0.354 e. The molecule has 0 atom stereocenters. The third-order valence-corrected chi connectivity index (χ3v) is 2.93. The maximum atomic E-state index is 8.60. The summed E-state index contributed by atoms with van der Waals surface area (Å²) in [4.78, 5) is 8.64. The number of piperazine rings is 1. The molecule has 0 aliphatic carbocycles. The third-order valence-electron chi connectivity index (χ3n) is 2.70. The average molecular weight is 237 g/mol. The molecule has 2 heterocycles. The van der Waals surface area contributed by atoms with E-state index in [1.165, 1.54) is 0 Å². The standard InChI is InChI=1S/C11H13ClN4/c12-10-1-2-11(14-9-10)16-7-5-15(4-3-13)6-8-16/h1-2,9H,4-8H2. The molecule has 0 amide bonds. The van der Waals surface area contributed by atoms with Gasteiger partial charge in [-0.1, -0.05) is 11.6 Å². The first kappa shape index (κ1) is 11.2. The molecule has 0 aromatic carbocycles. The van der Waals surface area contributed by atoms with E-state index in [2.05, 4.69) is 20.9 Å². The Hall–Kier alpha value is -1.31. The second-order valence-corrected chi connectivity index (χ2v) is 4.19. The van der Waals surface area contributed by atoms with Gasteiger partial charge in [-0.3, -0.25) is 4.90 Å². The number of nitrogens with zero attached hydrogens (tertiary/aromatic N) is 4. The minimum Gasteiger partial charge on any atom is -0.354 e. The van der Waals surface area contributed by atoms with Gasteiger partial charge in [0.05, 0.1) is 17.6 Å². The number of pyridine rings is 1. The smallest absolute Gasteiger partial charge is 0.128 e. The van der Waals surface area contributed by atoms with Crippen molar-refractivity contribution < 1.29 is 0 Å². The lowest BCUT2D eigenvalue weighted by Crippen LogP contribution is -2.46. The highest BCUT2D eigenvalue weighted by atomic mass is 35.5. The van der Waals surface area contributed by atoms with Crippen molar-refractivity contribution in [2.75, 3.05) is 37.6 Å². The van der Waals surface area contributed by atoms with Crippen LogP contribution in [0.1, 0.15) is 0 Å². The van der Waals surface area contributed by atoms with Crippen LogP contribution in [0.2, 0.25) is 5.02 Å². The molecule has 16 heavy (non-hydrogen) atoms. The Kier molecular flexibility index (Phi) is 3.60. The van der Waals surface area contributed by atoms with Gasteiger partial charge in [0.25, 0.3) is 0 Å². The summed E-state index contributed by atoms with van der Waals surface area (Å²) >= 11 is 5.79. The van der Waals surface area contributed by atoms with Crippen molar-refractivity contribution in [3.8, 4) is 6.07 Å². The quantitative estimate of drug-likeness (QED) is 0.728. The maximum absolute atomic E-state index is 8.60. The molecule has 1 aliphatic heterocycles. The maximum Gasteiger partial charge on any atom is 0.128 e. The predicted molar refractivity (Wildman–Crippen MR) is 63.5 cm³/mol. The Bertz CT molecular complexity index is 376. The number of anilines is 1. The molecule has 84 valence electrons. The SMILES string of the molecule is N#CCN1CCN(c2ccc(Cl)cn2)CC1. The zero-order chi connectivity index (χ0) is 11.4. The van der Waals surface area contributed by atoms with Crippen molar-refractivity contribution in [3.05, 3.63) is 23.4 Å². The van der Waals surface area contributed by atoms with E-state index in [1.807, 2.05) is 12.1 Å². The van der Waals surface area contributed by atoms with E-state index < -0.39 is 0 Å². The van der Waals surface area contributed by atoms with Gasteiger partial charge < -0.3 is 4.90 Å². The number of nitriles is 1. The average Bonchev–Trinajstić information content (AvgIpc) is 2.32. The van der Waals surface area contributed by atoms with Crippen LogP contribution < -0.4 is 4.90 Å². The van der Waals surface area contributed by atoms with Gasteiger partial charge in [-0.05, 0) is 12.1 Å². The minimum atomic E-state index is 0.516. The van der Waals surface area contributed by atoms with E-state index in [0.29, 0.717) is 11.6 Å². The van der Waals surface area contributed by atoms with E-state index in [1.54, 1.807) is 6.20 Å². The summed E-state index contributed by atoms with van der Waals surface area (Å²) in [6.45, 7) is 4.17. The van der Waals surface area contributed by atoms with Crippen LogP contribution in [-0.2, 0) is 0 Å². The fourth-order valence-corrected chi connectivity index (χ4v) is 1.90. The Morgan fingerprint density at radius 3 is 2.62 bits per heavy atom. The molecule has 1 aliphatic rings. The topological polar surface area (TPSA) is 43.2 Å². The van der Waals surface area contributed by atoms with Crippen LogP contribution in [0.15, 0.2) is 18.3 Å². The highest BCUT2D eigenvalue weighted by Gasteiger charge is 2.17. The van der Waals surface area contributed by atoms with Gasteiger partial charge in [0.1, 0.15) is 5.82 Å². The van der Waals surface area contributed by atoms with Crippen molar-refractivity contribution in [1.82, 2.24) is 9.88 Å². The van der Waals surface area contributed by atoms with Gasteiger partial charge in [0, 0.05) is 32.4 Å². The number of aromatic nitrogens is 1. The van der Waals surface area contributed by atoms with E-state index in [-0.39, 0.29) is 0 Å². The second-order valence-electron chi connectivity index (χ2n) is 3.76. The number of hydrogen-bond acceptors (Lipinski definition) is 4. The fraction of sp³-hybridized carbons (Fsp3) is 0.455. The lowest BCUT2D eigenvalue weighted by Gasteiger charge is -2.34. The van der Waals surface area contributed by atoms with Gasteiger partial charge in [-0.25, -0.2) is 4.98 Å². The van der Waals surface area contributed by atoms with Gasteiger partial charge in [0.15, 0.2) is 0 Å². The first-order valence-electron chi connectivity index (χ1n) is 5.25. The predicted octanol–water partition coefficient (Wildman–Crippen LogP) is 1.38. The first-order valence-corrected chi connectivity index (χ1v) is 5.63. The highest BCUT2D eigenvalue weighted by Crippen LogP contribution is 2.15. The third kappa shape index (κ3) is 2.63. The molecule has 1 fully saturated rings. The van der Waals surface area contributed by atoms with E-state index in [9.17, 15) is 0 Å². The number of hydrogen-bond donors (Lipinski definition) is 0. The van der Waals surface area contributed by atoms with E-state index >= 15 is 0 Å². The highest BCUT2D eigenvalue weighted by molar-refractivity contribution is 6.30.